The van der Waals surface area contributed by atoms with Crippen molar-refractivity contribution in [1.29, 1.82) is 0 Å². The highest BCUT2D eigenvalue weighted by molar-refractivity contribution is 7.92. The van der Waals surface area contributed by atoms with Crippen molar-refractivity contribution in [2.45, 2.75) is 43.7 Å². The molecule has 0 radical (unpaired) electrons. The zero-order valence-electron chi connectivity index (χ0n) is 21.6. The van der Waals surface area contributed by atoms with Crippen LogP contribution in [-0.4, -0.2) is 40.7 Å². The van der Waals surface area contributed by atoms with Gasteiger partial charge in [0.2, 0.25) is 5.91 Å². The Morgan fingerprint density at radius 3 is 2.46 bits per heavy atom. The molecule has 1 atom stereocenters. The number of benzene rings is 3. The quantitative estimate of drug-likeness (QED) is 0.462. The summed E-state index contributed by atoms with van der Waals surface area (Å²) in [6.07, 6.45) is 0.530. The van der Waals surface area contributed by atoms with Gasteiger partial charge < -0.3 is 19.5 Å². The number of anilines is 1. The van der Waals surface area contributed by atoms with Crippen molar-refractivity contribution in [3.05, 3.63) is 77.9 Å². The second-order valence-corrected chi connectivity index (χ2v) is 11.5. The van der Waals surface area contributed by atoms with Crippen LogP contribution in [0.25, 0.3) is 0 Å². The molecule has 37 heavy (non-hydrogen) atoms. The van der Waals surface area contributed by atoms with Crippen LogP contribution in [-0.2, 0) is 14.8 Å². The molecule has 0 saturated heterocycles. The summed E-state index contributed by atoms with van der Waals surface area (Å²) in [7, 11) is -1.19. The molecule has 1 amide bonds. The maximum atomic E-state index is 13.8. The molecular weight excluding hydrogens is 492 g/mol. The van der Waals surface area contributed by atoms with Crippen LogP contribution in [0.15, 0.2) is 71.6 Å². The zero-order chi connectivity index (χ0) is 26.8. The SMILES string of the molecule is COc1ccc(OC)c(N(CC(=O)NC2CC(C)(C)Oc3cc(C)ccc32)S(=O)(=O)c2ccccc2)c1. The van der Waals surface area contributed by atoms with Crippen molar-refractivity contribution in [2.24, 2.45) is 0 Å². The summed E-state index contributed by atoms with van der Waals surface area (Å²) in [5.41, 5.74) is 1.59. The summed E-state index contributed by atoms with van der Waals surface area (Å²) in [4.78, 5) is 13.5. The van der Waals surface area contributed by atoms with E-state index in [2.05, 4.69) is 5.32 Å². The summed E-state index contributed by atoms with van der Waals surface area (Å²) < 4.78 is 45.6. The first kappa shape index (κ1) is 26.3. The van der Waals surface area contributed by atoms with Crippen molar-refractivity contribution >= 4 is 21.6 Å². The number of carbonyl (C=O) groups is 1. The minimum absolute atomic E-state index is 0.0562. The summed E-state index contributed by atoms with van der Waals surface area (Å²) in [5, 5.41) is 3.04. The molecule has 0 spiro atoms. The minimum atomic E-state index is -4.12. The van der Waals surface area contributed by atoms with Crippen LogP contribution in [0.5, 0.6) is 17.2 Å². The van der Waals surface area contributed by atoms with E-state index in [0.29, 0.717) is 23.7 Å². The summed E-state index contributed by atoms with van der Waals surface area (Å²) >= 11 is 0. The number of ether oxygens (including phenoxy) is 3. The molecule has 0 aromatic heterocycles. The van der Waals surface area contributed by atoms with E-state index >= 15 is 0 Å². The lowest BCUT2D eigenvalue weighted by atomic mass is 9.89. The van der Waals surface area contributed by atoms with Crippen molar-refractivity contribution in [1.82, 2.24) is 5.32 Å². The molecular formula is C28H32N2O6S. The Bertz CT molecular complexity index is 1390. The zero-order valence-corrected chi connectivity index (χ0v) is 22.5. The Morgan fingerprint density at radius 2 is 1.78 bits per heavy atom. The van der Waals surface area contributed by atoms with Crippen LogP contribution >= 0.6 is 0 Å². The second kappa shape index (κ2) is 10.3. The average Bonchev–Trinajstić information content (AvgIpc) is 2.86. The molecule has 8 nitrogen and oxygen atoms in total. The predicted octanol–water partition coefficient (Wildman–Crippen LogP) is 4.63. The van der Waals surface area contributed by atoms with E-state index in [1.165, 1.54) is 26.4 Å². The van der Waals surface area contributed by atoms with Crippen LogP contribution < -0.4 is 23.8 Å². The van der Waals surface area contributed by atoms with E-state index in [9.17, 15) is 13.2 Å². The number of hydrogen-bond donors (Lipinski definition) is 1. The average molecular weight is 525 g/mol. The summed E-state index contributed by atoms with van der Waals surface area (Å²) in [5.74, 6) is 0.976. The molecule has 3 aromatic rings. The first-order chi connectivity index (χ1) is 17.5. The number of methoxy groups -OCH3 is 2. The van der Waals surface area contributed by atoms with Gasteiger partial charge in [0.25, 0.3) is 10.0 Å². The Kier molecular flexibility index (Phi) is 7.36. The summed E-state index contributed by atoms with van der Waals surface area (Å²) in [6, 6.07) is 18.3. The first-order valence-corrected chi connectivity index (χ1v) is 13.4. The smallest absolute Gasteiger partial charge is 0.264 e. The maximum absolute atomic E-state index is 13.8. The number of hydrogen-bond acceptors (Lipinski definition) is 6. The fraction of sp³-hybridized carbons (Fsp3) is 0.321. The van der Waals surface area contributed by atoms with Crippen molar-refractivity contribution < 1.29 is 27.4 Å². The van der Waals surface area contributed by atoms with Gasteiger partial charge in [-0.05, 0) is 56.7 Å². The predicted molar refractivity (Wildman–Crippen MR) is 142 cm³/mol. The molecule has 196 valence electrons. The molecule has 4 rings (SSSR count). The van der Waals surface area contributed by atoms with Gasteiger partial charge in [-0.25, -0.2) is 8.42 Å². The third kappa shape index (κ3) is 5.67. The minimum Gasteiger partial charge on any atom is -0.497 e. The number of nitrogens with one attached hydrogen (secondary N) is 1. The van der Waals surface area contributed by atoms with Crippen molar-refractivity contribution in [3.63, 3.8) is 0 Å². The Morgan fingerprint density at radius 1 is 1.05 bits per heavy atom. The number of amides is 1. The van der Waals surface area contributed by atoms with Gasteiger partial charge in [-0.15, -0.1) is 0 Å². The number of sulfonamides is 1. The van der Waals surface area contributed by atoms with Gasteiger partial charge in [0.15, 0.2) is 0 Å². The molecule has 0 saturated carbocycles. The number of nitrogens with zero attached hydrogens (tertiary/aromatic N) is 1. The molecule has 1 N–H and O–H groups in total. The lowest BCUT2D eigenvalue weighted by Gasteiger charge is -2.38. The lowest BCUT2D eigenvalue weighted by Crippen LogP contribution is -2.45. The normalized spacial score (nSPS) is 16.2. The molecule has 1 unspecified atom stereocenters. The van der Waals surface area contributed by atoms with Gasteiger partial charge in [-0.1, -0.05) is 30.3 Å². The van der Waals surface area contributed by atoms with Gasteiger partial charge in [0.1, 0.15) is 29.4 Å². The molecule has 0 bridgehead atoms. The molecule has 9 heteroatoms. The van der Waals surface area contributed by atoms with Crippen LogP contribution in [0.2, 0.25) is 0 Å². The van der Waals surface area contributed by atoms with Crippen molar-refractivity contribution in [2.75, 3.05) is 25.1 Å². The Hall–Kier alpha value is -3.72. The number of aryl methyl sites for hydroxylation is 1. The van der Waals surface area contributed by atoms with E-state index < -0.39 is 28.1 Å². The highest BCUT2D eigenvalue weighted by Crippen LogP contribution is 2.40. The molecule has 1 aliphatic heterocycles. The van der Waals surface area contributed by atoms with Crippen LogP contribution in [0.4, 0.5) is 5.69 Å². The topological polar surface area (TPSA) is 94.2 Å². The van der Waals surface area contributed by atoms with Gasteiger partial charge in [0.05, 0.1) is 30.8 Å². The van der Waals surface area contributed by atoms with Gasteiger partial charge in [0, 0.05) is 18.1 Å². The monoisotopic (exact) mass is 524 g/mol. The fourth-order valence-corrected chi connectivity index (χ4v) is 5.91. The van der Waals surface area contributed by atoms with E-state index in [1.807, 2.05) is 39.0 Å². The molecule has 0 aliphatic carbocycles. The van der Waals surface area contributed by atoms with Gasteiger partial charge in [-0.3, -0.25) is 9.10 Å². The van der Waals surface area contributed by atoms with Crippen LogP contribution in [0.3, 0.4) is 0 Å². The second-order valence-electron chi connectivity index (χ2n) is 9.59. The Labute approximate surface area is 218 Å². The third-order valence-electron chi connectivity index (χ3n) is 6.23. The van der Waals surface area contributed by atoms with Crippen LogP contribution in [0.1, 0.15) is 37.4 Å². The highest BCUT2D eigenvalue weighted by atomic mass is 32.2. The first-order valence-electron chi connectivity index (χ1n) is 11.9. The van der Waals surface area contributed by atoms with Crippen molar-refractivity contribution in [3.8, 4) is 17.2 Å². The molecule has 0 fully saturated rings. The number of fused-ring (bicyclic) bond motifs is 1. The van der Waals surface area contributed by atoms with E-state index in [1.54, 1.807) is 36.4 Å². The molecule has 1 heterocycles. The van der Waals surface area contributed by atoms with Gasteiger partial charge >= 0.3 is 0 Å². The fourth-order valence-electron chi connectivity index (χ4n) is 4.47. The standard InChI is InChI=1S/C28H32N2O6S/c1-19-11-13-22-23(17-28(2,3)36-26(22)15-19)29-27(31)18-30(37(32,33)21-9-7-6-8-10-21)24-16-20(34-4)12-14-25(24)35-5/h6-16,23H,17-18H2,1-5H3,(H,29,31). The maximum Gasteiger partial charge on any atom is 0.264 e. The van der Waals surface area contributed by atoms with E-state index in [0.717, 1.165) is 15.4 Å². The van der Waals surface area contributed by atoms with E-state index in [4.69, 9.17) is 14.2 Å². The third-order valence-corrected chi connectivity index (χ3v) is 8.01. The number of rotatable bonds is 8. The molecule has 3 aromatic carbocycles. The Balaban J connectivity index is 1.71. The number of carbonyl (C=O) groups excluding carboxylic acids is 1. The van der Waals surface area contributed by atoms with Crippen LogP contribution in [0, 0.1) is 6.92 Å². The molecule has 1 aliphatic rings. The highest BCUT2D eigenvalue weighted by Gasteiger charge is 2.36. The lowest BCUT2D eigenvalue weighted by molar-refractivity contribution is -0.120. The van der Waals surface area contributed by atoms with Gasteiger partial charge in [-0.2, -0.15) is 0 Å². The largest absolute Gasteiger partial charge is 0.497 e. The van der Waals surface area contributed by atoms with E-state index in [-0.39, 0.29) is 16.6 Å². The summed E-state index contributed by atoms with van der Waals surface area (Å²) in [6.45, 7) is 5.45.